The molecule has 0 aromatic heterocycles. The Balaban J connectivity index is 1.80. The number of carbonyl (C=O) groups is 2. The number of nitro benzene ring substituents is 1. The summed E-state index contributed by atoms with van der Waals surface area (Å²) in [7, 11) is 0. The summed E-state index contributed by atoms with van der Waals surface area (Å²) < 4.78 is 5.29. The van der Waals surface area contributed by atoms with Crippen LogP contribution < -0.4 is 20.7 Å². The third-order valence-corrected chi connectivity index (χ3v) is 4.75. The third-order valence-electron chi connectivity index (χ3n) is 4.75. The van der Waals surface area contributed by atoms with Gasteiger partial charge in [0.05, 0.1) is 16.1 Å². The number of hydrogen-bond donors (Lipinski definition) is 2. The van der Waals surface area contributed by atoms with Crippen molar-refractivity contribution in [3.05, 3.63) is 28.3 Å². The highest BCUT2D eigenvalue weighted by Crippen LogP contribution is 2.35. The van der Waals surface area contributed by atoms with Crippen LogP contribution in [0, 0.1) is 10.1 Å². The van der Waals surface area contributed by atoms with E-state index in [2.05, 4.69) is 5.32 Å². The maximum Gasteiger partial charge on any atom is 0.271 e. The Labute approximate surface area is 144 Å². The number of rotatable bonds is 5. The fraction of sp³-hybridized carbons (Fsp3) is 0.500. The summed E-state index contributed by atoms with van der Waals surface area (Å²) in [4.78, 5) is 36.3. The zero-order valence-corrected chi connectivity index (χ0v) is 13.7. The Kier molecular flexibility index (Phi) is 4.58. The number of benzene rings is 1. The van der Waals surface area contributed by atoms with E-state index in [1.807, 2.05) is 0 Å². The molecule has 25 heavy (non-hydrogen) atoms. The van der Waals surface area contributed by atoms with Crippen molar-refractivity contribution in [2.75, 3.05) is 24.6 Å². The zero-order valence-electron chi connectivity index (χ0n) is 13.7. The number of ether oxygens (including phenoxy) is 1. The van der Waals surface area contributed by atoms with Gasteiger partial charge in [0.15, 0.2) is 6.61 Å². The summed E-state index contributed by atoms with van der Waals surface area (Å²) >= 11 is 0. The molecular weight excluding hydrogens is 328 g/mol. The van der Waals surface area contributed by atoms with Gasteiger partial charge < -0.3 is 15.8 Å². The molecule has 134 valence electrons. The minimum absolute atomic E-state index is 0.170. The average molecular weight is 348 g/mol. The first-order chi connectivity index (χ1) is 11.9. The number of nitro groups is 1. The minimum atomic E-state index is -0.556. The monoisotopic (exact) mass is 348 g/mol. The number of nitrogens with two attached hydrogens (primary N) is 1. The smallest absolute Gasteiger partial charge is 0.271 e. The molecule has 1 heterocycles. The molecule has 3 rings (SSSR count). The van der Waals surface area contributed by atoms with Crippen molar-refractivity contribution in [1.29, 1.82) is 0 Å². The van der Waals surface area contributed by atoms with Gasteiger partial charge in [0, 0.05) is 18.7 Å². The molecule has 1 saturated carbocycles. The van der Waals surface area contributed by atoms with Gasteiger partial charge in [0.25, 0.3) is 11.6 Å². The lowest BCUT2D eigenvalue weighted by molar-refractivity contribution is -0.384. The number of nitrogens with one attached hydrogen (secondary N) is 1. The molecule has 1 aliphatic heterocycles. The fourth-order valence-electron chi connectivity index (χ4n) is 3.39. The molecule has 0 spiro atoms. The van der Waals surface area contributed by atoms with Gasteiger partial charge in [0.2, 0.25) is 5.91 Å². The largest absolute Gasteiger partial charge is 0.482 e. The van der Waals surface area contributed by atoms with Gasteiger partial charge in [-0.25, -0.2) is 0 Å². The van der Waals surface area contributed by atoms with Crippen LogP contribution in [0.15, 0.2) is 18.2 Å². The first-order valence-electron chi connectivity index (χ1n) is 8.17. The summed E-state index contributed by atoms with van der Waals surface area (Å²) in [6, 6.07) is 3.98. The third kappa shape index (κ3) is 3.41. The van der Waals surface area contributed by atoms with Crippen LogP contribution in [0.25, 0.3) is 0 Å². The second kappa shape index (κ2) is 6.67. The number of amides is 2. The molecule has 0 atom stereocenters. The molecular formula is C16H20N4O5. The molecule has 1 aromatic carbocycles. The molecule has 2 amide bonds. The highest BCUT2D eigenvalue weighted by Gasteiger charge is 2.35. The van der Waals surface area contributed by atoms with E-state index in [9.17, 15) is 19.7 Å². The molecule has 2 aliphatic rings. The SMILES string of the molecule is NCC1(NC(=O)CN2C(=O)COc3ccc([N+](=O)[O-])cc32)CCCC1. The molecule has 1 fully saturated rings. The van der Waals surface area contributed by atoms with Gasteiger partial charge in [-0.2, -0.15) is 0 Å². The number of nitrogens with zero attached hydrogens (tertiary/aromatic N) is 2. The summed E-state index contributed by atoms with van der Waals surface area (Å²) in [6.45, 7) is -0.0872. The van der Waals surface area contributed by atoms with Gasteiger partial charge in [-0.3, -0.25) is 24.6 Å². The standard InChI is InChI=1S/C16H20N4O5/c17-10-16(5-1-2-6-16)18-14(21)8-19-12-7-11(20(23)24)3-4-13(12)25-9-15(19)22/h3-4,7H,1-2,5-6,8-10,17H2,(H,18,21). The van der Waals surface area contributed by atoms with Gasteiger partial charge in [-0.15, -0.1) is 0 Å². The quantitative estimate of drug-likeness (QED) is 0.596. The second-order valence-electron chi connectivity index (χ2n) is 6.42. The highest BCUT2D eigenvalue weighted by molar-refractivity contribution is 6.02. The number of anilines is 1. The van der Waals surface area contributed by atoms with E-state index in [0.717, 1.165) is 25.7 Å². The Bertz CT molecular complexity index is 714. The van der Waals surface area contributed by atoms with Crippen LogP contribution in [-0.4, -0.2) is 42.0 Å². The van der Waals surface area contributed by atoms with Gasteiger partial charge in [0.1, 0.15) is 12.3 Å². The lowest BCUT2D eigenvalue weighted by Gasteiger charge is -2.32. The Morgan fingerprint density at radius 1 is 1.40 bits per heavy atom. The molecule has 9 nitrogen and oxygen atoms in total. The topological polar surface area (TPSA) is 128 Å². The predicted molar refractivity (Wildman–Crippen MR) is 89.3 cm³/mol. The minimum Gasteiger partial charge on any atom is -0.482 e. The summed E-state index contributed by atoms with van der Waals surface area (Å²) in [5.74, 6) is -0.413. The van der Waals surface area contributed by atoms with Crippen molar-refractivity contribution >= 4 is 23.2 Å². The molecule has 0 radical (unpaired) electrons. The molecule has 0 unspecified atom stereocenters. The molecule has 0 saturated heterocycles. The van der Waals surface area contributed by atoms with Crippen LogP contribution in [0.1, 0.15) is 25.7 Å². The first kappa shape index (κ1) is 17.2. The van der Waals surface area contributed by atoms with Crippen LogP contribution in [0.2, 0.25) is 0 Å². The number of hydrogen-bond acceptors (Lipinski definition) is 6. The normalized spacial score (nSPS) is 18.4. The van der Waals surface area contributed by atoms with Gasteiger partial charge >= 0.3 is 0 Å². The fourth-order valence-corrected chi connectivity index (χ4v) is 3.39. The average Bonchev–Trinajstić information content (AvgIpc) is 3.06. The van der Waals surface area contributed by atoms with E-state index in [4.69, 9.17) is 10.5 Å². The molecule has 3 N–H and O–H groups in total. The summed E-state index contributed by atoms with van der Waals surface area (Å²) in [5, 5.41) is 13.9. The molecule has 1 aliphatic carbocycles. The molecule has 9 heteroatoms. The highest BCUT2D eigenvalue weighted by atomic mass is 16.6. The summed E-state index contributed by atoms with van der Waals surface area (Å²) in [6.07, 6.45) is 3.63. The predicted octanol–water partition coefficient (Wildman–Crippen LogP) is 0.708. The molecule has 0 bridgehead atoms. The first-order valence-corrected chi connectivity index (χ1v) is 8.17. The van der Waals surface area contributed by atoms with Crippen LogP contribution in [-0.2, 0) is 9.59 Å². The van der Waals surface area contributed by atoms with Crippen molar-refractivity contribution in [3.8, 4) is 5.75 Å². The van der Waals surface area contributed by atoms with Crippen molar-refractivity contribution in [3.63, 3.8) is 0 Å². The van der Waals surface area contributed by atoms with Gasteiger partial charge in [-0.05, 0) is 18.9 Å². The number of carbonyl (C=O) groups excluding carboxylic acids is 2. The Morgan fingerprint density at radius 3 is 2.76 bits per heavy atom. The van der Waals surface area contributed by atoms with Gasteiger partial charge in [-0.1, -0.05) is 12.8 Å². The Morgan fingerprint density at radius 2 is 2.12 bits per heavy atom. The van der Waals surface area contributed by atoms with Crippen molar-refractivity contribution in [1.82, 2.24) is 5.32 Å². The van der Waals surface area contributed by atoms with E-state index < -0.39 is 16.4 Å². The lowest BCUT2D eigenvalue weighted by atomic mass is 9.98. The van der Waals surface area contributed by atoms with E-state index in [-0.39, 0.29) is 30.4 Å². The van der Waals surface area contributed by atoms with E-state index in [1.165, 1.54) is 23.1 Å². The lowest BCUT2D eigenvalue weighted by Crippen LogP contribution is -2.55. The van der Waals surface area contributed by atoms with Crippen LogP contribution in [0.4, 0.5) is 11.4 Å². The number of non-ortho nitro benzene ring substituents is 1. The van der Waals surface area contributed by atoms with Crippen molar-refractivity contribution < 1.29 is 19.2 Å². The van der Waals surface area contributed by atoms with E-state index in [0.29, 0.717) is 12.3 Å². The molecule has 1 aromatic rings. The maximum absolute atomic E-state index is 12.5. The summed E-state index contributed by atoms with van der Waals surface area (Å²) in [5.41, 5.74) is 5.46. The van der Waals surface area contributed by atoms with Crippen molar-refractivity contribution in [2.24, 2.45) is 5.73 Å². The Hall–Kier alpha value is -2.68. The van der Waals surface area contributed by atoms with Crippen LogP contribution >= 0.6 is 0 Å². The van der Waals surface area contributed by atoms with Crippen molar-refractivity contribution in [2.45, 2.75) is 31.2 Å². The van der Waals surface area contributed by atoms with E-state index >= 15 is 0 Å². The maximum atomic E-state index is 12.5. The van der Waals surface area contributed by atoms with Crippen LogP contribution in [0.3, 0.4) is 0 Å². The zero-order chi connectivity index (χ0) is 18.0. The number of fused-ring (bicyclic) bond motifs is 1. The van der Waals surface area contributed by atoms with Crippen LogP contribution in [0.5, 0.6) is 5.75 Å². The van der Waals surface area contributed by atoms with E-state index in [1.54, 1.807) is 0 Å². The second-order valence-corrected chi connectivity index (χ2v) is 6.42.